The Bertz CT molecular complexity index is 526. The molecule has 0 saturated heterocycles. The summed E-state index contributed by atoms with van der Waals surface area (Å²) in [5, 5.41) is 0. The van der Waals surface area contributed by atoms with Crippen LogP contribution in [0.2, 0.25) is 0 Å². The van der Waals surface area contributed by atoms with Crippen molar-refractivity contribution in [2.24, 2.45) is 0 Å². The zero-order chi connectivity index (χ0) is 15.8. The molecule has 2 aromatic rings. The van der Waals surface area contributed by atoms with E-state index in [1.807, 2.05) is 67.6 Å². The number of ether oxygens (including phenoxy) is 2. The number of carbonyl (C=O) groups excluding carboxylic acids is 1. The Labute approximate surface area is 131 Å². The molecule has 116 valence electrons. The fraction of sp³-hybridized carbons (Fsp3) is 0.316. The lowest BCUT2D eigenvalue weighted by atomic mass is 9.86. The monoisotopic (exact) mass is 298 g/mol. The second kappa shape index (κ2) is 8.35. The number of esters is 1. The predicted octanol–water partition coefficient (Wildman–Crippen LogP) is 3.79. The Balaban J connectivity index is 2.44. The zero-order valence-electron chi connectivity index (χ0n) is 13.1. The van der Waals surface area contributed by atoms with Crippen molar-refractivity contribution in [3.05, 3.63) is 71.8 Å². The van der Waals surface area contributed by atoms with E-state index in [1.165, 1.54) is 0 Å². The van der Waals surface area contributed by atoms with Crippen molar-refractivity contribution in [1.82, 2.24) is 0 Å². The third-order valence-corrected chi connectivity index (χ3v) is 3.49. The van der Waals surface area contributed by atoms with Gasteiger partial charge in [-0.2, -0.15) is 0 Å². The van der Waals surface area contributed by atoms with E-state index in [0.29, 0.717) is 13.2 Å². The van der Waals surface area contributed by atoms with E-state index in [4.69, 9.17) is 9.47 Å². The van der Waals surface area contributed by atoms with Gasteiger partial charge < -0.3 is 9.47 Å². The molecule has 0 fully saturated rings. The van der Waals surface area contributed by atoms with Crippen molar-refractivity contribution in [2.75, 3.05) is 13.2 Å². The van der Waals surface area contributed by atoms with Crippen molar-refractivity contribution in [3.8, 4) is 0 Å². The van der Waals surface area contributed by atoms with Crippen LogP contribution >= 0.6 is 0 Å². The van der Waals surface area contributed by atoms with Crippen molar-refractivity contribution in [3.63, 3.8) is 0 Å². The highest BCUT2D eigenvalue weighted by molar-refractivity contribution is 5.77. The van der Waals surface area contributed by atoms with Gasteiger partial charge in [0.1, 0.15) is 0 Å². The summed E-state index contributed by atoms with van der Waals surface area (Å²) in [6.07, 6.45) is -0.644. The van der Waals surface area contributed by atoms with Crippen LogP contribution in [0.4, 0.5) is 0 Å². The second-order valence-corrected chi connectivity index (χ2v) is 4.93. The van der Waals surface area contributed by atoms with E-state index in [-0.39, 0.29) is 11.9 Å². The van der Waals surface area contributed by atoms with Crippen molar-refractivity contribution in [1.29, 1.82) is 0 Å². The first kappa shape index (κ1) is 16.2. The van der Waals surface area contributed by atoms with E-state index in [9.17, 15) is 4.79 Å². The van der Waals surface area contributed by atoms with Crippen LogP contribution in [0, 0.1) is 0 Å². The molecule has 0 heterocycles. The molecule has 0 aliphatic rings. The Kier molecular flexibility index (Phi) is 6.16. The molecule has 0 radical (unpaired) electrons. The highest BCUT2D eigenvalue weighted by Gasteiger charge is 2.32. The molecular weight excluding hydrogens is 276 g/mol. The van der Waals surface area contributed by atoms with Gasteiger partial charge in [0.25, 0.3) is 0 Å². The molecule has 0 spiro atoms. The van der Waals surface area contributed by atoms with Gasteiger partial charge in [0.2, 0.25) is 0 Å². The minimum atomic E-state index is -0.644. The van der Waals surface area contributed by atoms with Gasteiger partial charge >= 0.3 is 5.97 Å². The Morgan fingerprint density at radius 1 is 0.864 bits per heavy atom. The second-order valence-electron chi connectivity index (χ2n) is 4.93. The van der Waals surface area contributed by atoms with Crippen LogP contribution in [0.25, 0.3) is 0 Å². The van der Waals surface area contributed by atoms with Crippen LogP contribution in [-0.2, 0) is 14.3 Å². The fourth-order valence-corrected chi connectivity index (χ4v) is 2.57. The first-order valence-electron chi connectivity index (χ1n) is 7.66. The molecule has 0 N–H and O–H groups in total. The average molecular weight is 298 g/mol. The zero-order valence-corrected chi connectivity index (χ0v) is 13.1. The molecule has 2 aromatic carbocycles. The number of carbonyl (C=O) groups is 1. The Morgan fingerprint density at radius 2 is 1.36 bits per heavy atom. The molecule has 0 aliphatic heterocycles. The maximum atomic E-state index is 12.4. The lowest BCUT2D eigenvalue weighted by Gasteiger charge is -2.26. The SMILES string of the molecule is CCOC(=O)C(OCC)C(c1ccccc1)c1ccccc1. The number of hydrogen-bond acceptors (Lipinski definition) is 3. The van der Waals surface area contributed by atoms with Gasteiger partial charge in [-0.3, -0.25) is 0 Å². The molecule has 0 aromatic heterocycles. The summed E-state index contributed by atoms with van der Waals surface area (Å²) in [5.41, 5.74) is 2.08. The molecule has 3 heteroatoms. The van der Waals surface area contributed by atoms with E-state index in [1.54, 1.807) is 6.92 Å². The minimum absolute atomic E-state index is 0.179. The highest BCUT2D eigenvalue weighted by Crippen LogP contribution is 2.30. The summed E-state index contributed by atoms with van der Waals surface area (Å²) in [7, 11) is 0. The van der Waals surface area contributed by atoms with Gasteiger partial charge in [-0.1, -0.05) is 60.7 Å². The van der Waals surface area contributed by atoms with Gasteiger partial charge in [0, 0.05) is 12.5 Å². The molecule has 1 atom stereocenters. The van der Waals surface area contributed by atoms with Crippen molar-refractivity contribution in [2.45, 2.75) is 25.9 Å². The Morgan fingerprint density at radius 3 is 1.77 bits per heavy atom. The maximum absolute atomic E-state index is 12.4. The summed E-state index contributed by atoms with van der Waals surface area (Å²) < 4.78 is 11.0. The van der Waals surface area contributed by atoms with Gasteiger partial charge in [-0.25, -0.2) is 4.79 Å². The third kappa shape index (κ3) is 3.95. The van der Waals surface area contributed by atoms with Crippen LogP contribution in [0.1, 0.15) is 30.9 Å². The molecule has 3 nitrogen and oxygen atoms in total. The molecule has 0 saturated carbocycles. The smallest absolute Gasteiger partial charge is 0.336 e. The van der Waals surface area contributed by atoms with Crippen LogP contribution < -0.4 is 0 Å². The topological polar surface area (TPSA) is 35.5 Å². The van der Waals surface area contributed by atoms with E-state index in [2.05, 4.69) is 0 Å². The fourth-order valence-electron chi connectivity index (χ4n) is 2.57. The number of benzene rings is 2. The van der Waals surface area contributed by atoms with Crippen LogP contribution in [0.5, 0.6) is 0 Å². The summed E-state index contributed by atoms with van der Waals surface area (Å²) >= 11 is 0. The molecule has 2 rings (SSSR count). The standard InChI is InChI=1S/C19H22O3/c1-3-21-18(19(20)22-4-2)17(15-11-7-5-8-12-15)16-13-9-6-10-14-16/h5-14,17-18H,3-4H2,1-2H3. The largest absolute Gasteiger partial charge is 0.464 e. The molecule has 0 aliphatic carbocycles. The lowest BCUT2D eigenvalue weighted by molar-refractivity contribution is -0.157. The summed E-state index contributed by atoms with van der Waals surface area (Å²) in [5.74, 6) is -0.497. The summed E-state index contributed by atoms with van der Waals surface area (Å²) in [6, 6.07) is 19.9. The van der Waals surface area contributed by atoms with Crippen molar-refractivity contribution < 1.29 is 14.3 Å². The van der Waals surface area contributed by atoms with Gasteiger partial charge in [0.15, 0.2) is 6.10 Å². The maximum Gasteiger partial charge on any atom is 0.336 e. The molecule has 1 unspecified atom stereocenters. The normalized spacial score (nSPS) is 12.1. The molecule has 0 amide bonds. The summed E-state index contributed by atoms with van der Waals surface area (Å²) in [6.45, 7) is 4.50. The molecule has 0 bridgehead atoms. The highest BCUT2D eigenvalue weighted by atomic mass is 16.6. The van der Waals surface area contributed by atoms with Crippen LogP contribution in [0.15, 0.2) is 60.7 Å². The first-order valence-corrected chi connectivity index (χ1v) is 7.66. The van der Waals surface area contributed by atoms with Crippen molar-refractivity contribution >= 4 is 5.97 Å². The average Bonchev–Trinajstić information content (AvgIpc) is 2.56. The van der Waals surface area contributed by atoms with Gasteiger partial charge in [-0.15, -0.1) is 0 Å². The predicted molar refractivity (Wildman–Crippen MR) is 86.8 cm³/mol. The molecular formula is C19H22O3. The van der Waals surface area contributed by atoms with Crippen LogP contribution in [-0.4, -0.2) is 25.3 Å². The summed E-state index contributed by atoms with van der Waals surface area (Å²) in [4.78, 5) is 12.4. The minimum Gasteiger partial charge on any atom is -0.464 e. The quantitative estimate of drug-likeness (QED) is 0.730. The van der Waals surface area contributed by atoms with Crippen LogP contribution in [0.3, 0.4) is 0 Å². The number of hydrogen-bond donors (Lipinski definition) is 0. The van der Waals surface area contributed by atoms with E-state index in [0.717, 1.165) is 11.1 Å². The Hall–Kier alpha value is -2.13. The lowest BCUT2D eigenvalue weighted by Crippen LogP contribution is -2.33. The van der Waals surface area contributed by atoms with Gasteiger partial charge in [-0.05, 0) is 25.0 Å². The first-order chi connectivity index (χ1) is 10.8. The van der Waals surface area contributed by atoms with Gasteiger partial charge in [0.05, 0.1) is 6.61 Å². The number of rotatable bonds is 7. The van der Waals surface area contributed by atoms with E-state index >= 15 is 0 Å². The van der Waals surface area contributed by atoms with E-state index < -0.39 is 6.10 Å². The third-order valence-electron chi connectivity index (χ3n) is 3.49. The molecule has 22 heavy (non-hydrogen) atoms.